The highest BCUT2D eigenvalue weighted by Crippen LogP contribution is 2.28. The summed E-state index contributed by atoms with van der Waals surface area (Å²) in [5, 5.41) is 3.32. The van der Waals surface area contributed by atoms with Crippen molar-refractivity contribution in [1.82, 2.24) is 0 Å². The van der Waals surface area contributed by atoms with E-state index in [1.807, 2.05) is 48.5 Å². The first-order valence-electron chi connectivity index (χ1n) is 6.90. The lowest BCUT2D eigenvalue weighted by Gasteiger charge is -2.15. The summed E-state index contributed by atoms with van der Waals surface area (Å²) < 4.78 is 5.97. The van der Waals surface area contributed by atoms with E-state index in [2.05, 4.69) is 29.4 Å². The smallest absolute Gasteiger partial charge is 0.204 e. The zero-order chi connectivity index (χ0) is 13.8. The predicted octanol–water partition coefficient (Wildman–Crippen LogP) is 3.66. The fourth-order valence-electron chi connectivity index (χ4n) is 2.38. The quantitative estimate of drug-likeness (QED) is 0.916. The molecule has 102 valence electrons. The normalized spacial score (nSPS) is 21.1. The van der Waals surface area contributed by atoms with E-state index >= 15 is 0 Å². The van der Waals surface area contributed by atoms with Gasteiger partial charge in [-0.1, -0.05) is 48.5 Å². The predicted molar refractivity (Wildman–Crippen MR) is 82.1 cm³/mol. The molecule has 0 bridgehead atoms. The zero-order valence-corrected chi connectivity index (χ0v) is 11.5. The number of anilines is 1. The first-order valence-corrected chi connectivity index (χ1v) is 6.90. The van der Waals surface area contributed by atoms with Gasteiger partial charge >= 0.3 is 0 Å². The van der Waals surface area contributed by atoms with Gasteiger partial charge in [0.15, 0.2) is 0 Å². The lowest BCUT2D eigenvalue weighted by molar-refractivity contribution is 0.199. The van der Waals surface area contributed by atoms with Gasteiger partial charge in [-0.05, 0) is 24.6 Å². The van der Waals surface area contributed by atoms with E-state index in [4.69, 9.17) is 4.74 Å². The highest BCUT2D eigenvalue weighted by molar-refractivity contribution is 5.82. The average Bonchev–Trinajstić information content (AvgIpc) is 2.88. The molecule has 0 aromatic heterocycles. The maximum atomic E-state index is 5.97. The molecule has 0 unspecified atom stereocenters. The highest BCUT2D eigenvalue weighted by atomic mass is 16.5. The summed E-state index contributed by atoms with van der Waals surface area (Å²) in [7, 11) is 0. The van der Waals surface area contributed by atoms with E-state index in [1.165, 1.54) is 5.56 Å². The number of ether oxygens (including phenoxy) is 1. The van der Waals surface area contributed by atoms with Crippen LogP contribution in [0.25, 0.3) is 0 Å². The van der Waals surface area contributed by atoms with E-state index in [1.54, 1.807) is 0 Å². The summed E-state index contributed by atoms with van der Waals surface area (Å²) in [6.45, 7) is 2.71. The van der Waals surface area contributed by atoms with Crippen molar-refractivity contribution in [2.75, 3.05) is 11.9 Å². The average molecular weight is 266 g/mol. The van der Waals surface area contributed by atoms with Crippen LogP contribution in [0.2, 0.25) is 0 Å². The molecule has 0 saturated heterocycles. The van der Waals surface area contributed by atoms with Crippen LogP contribution >= 0.6 is 0 Å². The largest absolute Gasteiger partial charge is 0.469 e. The molecule has 0 amide bonds. The summed E-state index contributed by atoms with van der Waals surface area (Å²) in [6.07, 6.45) is 0.0313. The minimum absolute atomic E-state index is 0.0313. The second kappa shape index (κ2) is 5.78. The van der Waals surface area contributed by atoms with Gasteiger partial charge in [-0.3, -0.25) is 0 Å². The number of aliphatic imine (C=N–C) groups is 1. The Morgan fingerprint density at radius 3 is 2.35 bits per heavy atom. The van der Waals surface area contributed by atoms with Crippen LogP contribution in [-0.4, -0.2) is 18.5 Å². The van der Waals surface area contributed by atoms with Crippen molar-refractivity contribution in [2.45, 2.75) is 19.1 Å². The van der Waals surface area contributed by atoms with Gasteiger partial charge in [-0.25, -0.2) is 4.99 Å². The molecule has 2 aromatic carbocycles. The summed E-state index contributed by atoms with van der Waals surface area (Å²) in [5.74, 6) is 0.773. The van der Waals surface area contributed by atoms with Crippen LogP contribution in [0, 0.1) is 0 Å². The van der Waals surface area contributed by atoms with Gasteiger partial charge in [-0.15, -0.1) is 0 Å². The molecule has 0 aliphatic carbocycles. The van der Waals surface area contributed by atoms with Gasteiger partial charge in [0, 0.05) is 5.69 Å². The third-order valence-electron chi connectivity index (χ3n) is 3.39. The fraction of sp³-hybridized carbons (Fsp3) is 0.235. The number of nitrogens with one attached hydrogen (secondary N) is 1. The maximum Gasteiger partial charge on any atom is 0.204 e. The first kappa shape index (κ1) is 12.7. The lowest BCUT2D eigenvalue weighted by atomic mass is 10.0. The molecule has 3 heteroatoms. The van der Waals surface area contributed by atoms with Gasteiger partial charge < -0.3 is 10.1 Å². The molecule has 2 aromatic rings. The molecule has 1 N–H and O–H groups in total. The SMILES string of the molecule is C[C@H]1N=C(CNc2ccccc2)O[C@H]1c1ccccc1. The number of hydrogen-bond donors (Lipinski definition) is 1. The molecule has 0 spiro atoms. The number of para-hydroxylation sites is 1. The van der Waals surface area contributed by atoms with E-state index in [0.717, 1.165) is 11.6 Å². The van der Waals surface area contributed by atoms with Crippen molar-refractivity contribution in [3.63, 3.8) is 0 Å². The molecule has 1 heterocycles. The second-order valence-electron chi connectivity index (χ2n) is 4.93. The number of rotatable bonds is 4. The number of hydrogen-bond acceptors (Lipinski definition) is 3. The van der Waals surface area contributed by atoms with Gasteiger partial charge in [0.25, 0.3) is 0 Å². The molecule has 0 saturated carbocycles. The fourth-order valence-corrected chi connectivity index (χ4v) is 2.38. The van der Waals surface area contributed by atoms with Crippen molar-refractivity contribution in [1.29, 1.82) is 0 Å². The molecule has 20 heavy (non-hydrogen) atoms. The van der Waals surface area contributed by atoms with Gasteiger partial charge in [0.05, 0.1) is 12.6 Å². The summed E-state index contributed by atoms with van der Waals surface area (Å²) in [6, 6.07) is 20.5. The lowest BCUT2D eigenvalue weighted by Crippen LogP contribution is -2.16. The Hall–Kier alpha value is -2.29. The van der Waals surface area contributed by atoms with Crippen molar-refractivity contribution < 1.29 is 4.74 Å². The molecule has 0 fully saturated rings. The van der Waals surface area contributed by atoms with E-state index in [9.17, 15) is 0 Å². The van der Waals surface area contributed by atoms with E-state index in [-0.39, 0.29) is 12.1 Å². The Labute approximate surface area is 119 Å². The molecule has 3 nitrogen and oxygen atoms in total. The number of nitrogens with zero attached hydrogens (tertiary/aromatic N) is 1. The van der Waals surface area contributed by atoms with Gasteiger partial charge in [0.1, 0.15) is 6.10 Å². The summed E-state index contributed by atoms with van der Waals surface area (Å²) >= 11 is 0. The third-order valence-corrected chi connectivity index (χ3v) is 3.39. The molecule has 1 aliphatic heterocycles. The molecule has 0 radical (unpaired) electrons. The van der Waals surface area contributed by atoms with Gasteiger partial charge in [-0.2, -0.15) is 0 Å². The third kappa shape index (κ3) is 2.82. The highest BCUT2D eigenvalue weighted by Gasteiger charge is 2.28. The van der Waals surface area contributed by atoms with Crippen LogP contribution in [0.4, 0.5) is 5.69 Å². The summed E-state index contributed by atoms with van der Waals surface area (Å²) in [4.78, 5) is 4.59. The zero-order valence-electron chi connectivity index (χ0n) is 11.5. The maximum absolute atomic E-state index is 5.97. The summed E-state index contributed by atoms with van der Waals surface area (Å²) in [5.41, 5.74) is 2.26. The molecular formula is C17H18N2O. The van der Waals surface area contributed by atoms with Crippen molar-refractivity contribution >= 4 is 11.6 Å². The van der Waals surface area contributed by atoms with Crippen molar-refractivity contribution in [3.8, 4) is 0 Å². The van der Waals surface area contributed by atoms with Crippen molar-refractivity contribution in [2.24, 2.45) is 4.99 Å². The van der Waals surface area contributed by atoms with Crippen LogP contribution < -0.4 is 5.32 Å². The molecular weight excluding hydrogens is 248 g/mol. The Morgan fingerprint density at radius 2 is 1.65 bits per heavy atom. The van der Waals surface area contributed by atoms with Crippen LogP contribution in [0.3, 0.4) is 0 Å². The number of benzene rings is 2. The van der Waals surface area contributed by atoms with Gasteiger partial charge in [0.2, 0.25) is 5.90 Å². The first-order chi connectivity index (χ1) is 9.83. The minimum atomic E-state index is 0.0313. The van der Waals surface area contributed by atoms with Crippen LogP contribution in [0.1, 0.15) is 18.6 Å². The monoisotopic (exact) mass is 266 g/mol. The van der Waals surface area contributed by atoms with Crippen LogP contribution in [0.5, 0.6) is 0 Å². The standard InChI is InChI=1S/C17H18N2O/c1-13-17(14-8-4-2-5-9-14)20-16(19-13)12-18-15-10-6-3-7-11-15/h2-11,13,17-18H,12H2,1H3/t13-,17-/m1/s1. The molecule has 3 rings (SSSR count). The topological polar surface area (TPSA) is 33.6 Å². The minimum Gasteiger partial charge on any atom is -0.469 e. The van der Waals surface area contributed by atoms with Crippen LogP contribution in [-0.2, 0) is 4.74 Å². The van der Waals surface area contributed by atoms with Crippen LogP contribution in [0.15, 0.2) is 65.7 Å². The molecule has 2 atom stereocenters. The Balaban J connectivity index is 1.62. The molecule has 1 aliphatic rings. The van der Waals surface area contributed by atoms with E-state index < -0.39 is 0 Å². The Kier molecular flexibility index (Phi) is 3.68. The van der Waals surface area contributed by atoms with Crippen molar-refractivity contribution in [3.05, 3.63) is 66.2 Å². The van der Waals surface area contributed by atoms with E-state index in [0.29, 0.717) is 6.54 Å². The Morgan fingerprint density at radius 1 is 1.00 bits per heavy atom. The Bertz CT molecular complexity index is 580. The second-order valence-corrected chi connectivity index (χ2v) is 4.93.